The monoisotopic (exact) mass is 291 g/mol. The average Bonchev–Trinajstić information content (AvgIpc) is 3.12. The minimum Gasteiger partial charge on any atom is -0.480 e. The molecule has 5 heteroatoms. The molecule has 1 heterocycles. The molecule has 20 heavy (non-hydrogen) atoms. The van der Waals surface area contributed by atoms with Gasteiger partial charge in [0.15, 0.2) is 0 Å². The molecule has 0 radical (unpaired) electrons. The predicted octanol–water partition coefficient (Wildman–Crippen LogP) is 2.03. The lowest BCUT2D eigenvalue weighted by Crippen LogP contribution is -2.42. The topological polar surface area (TPSA) is 57.6 Å². The van der Waals surface area contributed by atoms with E-state index in [0.29, 0.717) is 18.9 Å². The molecular formula is C15H17NO3S. The number of thioether (sulfide) groups is 1. The van der Waals surface area contributed by atoms with E-state index in [0.717, 1.165) is 17.7 Å². The number of carboxylic acid groups (broad SMARTS) is 1. The molecule has 0 saturated heterocycles. The van der Waals surface area contributed by atoms with E-state index in [4.69, 9.17) is 5.11 Å². The van der Waals surface area contributed by atoms with Gasteiger partial charge in [0.2, 0.25) is 5.91 Å². The number of carboxylic acids is 1. The van der Waals surface area contributed by atoms with Gasteiger partial charge >= 0.3 is 5.97 Å². The predicted molar refractivity (Wildman–Crippen MR) is 76.7 cm³/mol. The Kier molecular flexibility index (Phi) is 3.70. The second-order valence-corrected chi connectivity index (χ2v) is 6.72. The fraction of sp³-hybridized carbons (Fsp3) is 0.467. The SMILES string of the molecule is O=C(O)CN(CC1CC1)C(=O)C1Cc2ccccc2S1. The van der Waals surface area contributed by atoms with E-state index in [1.165, 1.54) is 10.5 Å². The molecule has 4 nitrogen and oxygen atoms in total. The molecule has 1 aromatic carbocycles. The second kappa shape index (κ2) is 5.48. The Morgan fingerprint density at radius 3 is 2.70 bits per heavy atom. The van der Waals surface area contributed by atoms with E-state index >= 15 is 0 Å². The van der Waals surface area contributed by atoms with Crippen LogP contribution in [0.5, 0.6) is 0 Å². The molecule has 2 aliphatic rings. The molecule has 1 saturated carbocycles. The van der Waals surface area contributed by atoms with Crippen LogP contribution >= 0.6 is 11.8 Å². The third kappa shape index (κ3) is 2.98. The van der Waals surface area contributed by atoms with Crippen molar-refractivity contribution in [3.63, 3.8) is 0 Å². The van der Waals surface area contributed by atoms with Gasteiger partial charge < -0.3 is 10.0 Å². The molecule has 106 valence electrons. The van der Waals surface area contributed by atoms with Crippen molar-refractivity contribution in [3.05, 3.63) is 29.8 Å². The van der Waals surface area contributed by atoms with Crippen LogP contribution in [0.3, 0.4) is 0 Å². The Balaban J connectivity index is 1.69. The summed E-state index contributed by atoms with van der Waals surface area (Å²) in [5, 5.41) is 8.82. The number of carbonyl (C=O) groups is 2. The maximum atomic E-state index is 12.6. The van der Waals surface area contributed by atoms with Gasteiger partial charge in [-0.2, -0.15) is 0 Å². The van der Waals surface area contributed by atoms with Crippen LogP contribution in [0.2, 0.25) is 0 Å². The van der Waals surface area contributed by atoms with Crippen LogP contribution in [0.25, 0.3) is 0 Å². The highest BCUT2D eigenvalue weighted by atomic mass is 32.2. The Hall–Kier alpha value is -1.49. The molecule has 1 atom stereocenters. The molecule has 0 aromatic heterocycles. The number of benzene rings is 1. The molecular weight excluding hydrogens is 274 g/mol. The molecule has 0 bridgehead atoms. The van der Waals surface area contributed by atoms with E-state index in [9.17, 15) is 9.59 Å². The molecule has 0 spiro atoms. The van der Waals surface area contributed by atoms with E-state index in [-0.39, 0.29) is 17.7 Å². The summed E-state index contributed by atoms with van der Waals surface area (Å²) in [4.78, 5) is 26.2. The molecule has 1 amide bonds. The fourth-order valence-corrected chi connectivity index (χ4v) is 3.81. The summed E-state index contributed by atoms with van der Waals surface area (Å²) in [6.45, 7) is 0.418. The average molecular weight is 291 g/mol. The number of nitrogens with zero attached hydrogens (tertiary/aromatic N) is 1. The minimum absolute atomic E-state index is 0.0273. The second-order valence-electron chi connectivity index (χ2n) is 5.47. The molecule has 1 aliphatic carbocycles. The first-order valence-corrected chi connectivity index (χ1v) is 7.76. The number of hydrogen-bond donors (Lipinski definition) is 1. The van der Waals surface area contributed by atoms with Gasteiger partial charge in [-0.05, 0) is 36.8 Å². The Morgan fingerprint density at radius 2 is 2.05 bits per heavy atom. The number of rotatable bonds is 5. The third-order valence-corrected chi connectivity index (χ3v) is 5.04. The molecule has 1 N–H and O–H groups in total. The lowest BCUT2D eigenvalue weighted by atomic mass is 10.1. The van der Waals surface area contributed by atoms with Gasteiger partial charge in [0.25, 0.3) is 0 Å². The molecule has 3 rings (SSSR count). The highest BCUT2D eigenvalue weighted by molar-refractivity contribution is 8.01. The largest absolute Gasteiger partial charge is 0.480 e. The smallest absolute Gasteiger partial charge is 0.323 e. The first kappa shape index (κ1) is 13.5. The maximum Gasteiger partial charge on any atom is 0.323 e. The van der Waals surface area contributed by atoms with Crippen LogP contribution in [-0.2, 0) is 16.0 Å². The molecule has 1 fully saturated rings. The minimum atomic E-state index is -0.931. The Morgan fingerprint density at radius 1 is 1.30 bits per heavy atom. The van der Waals surface area contributed by atoms with Gasteiger partial charge in [0.05, 0.1) is 5.25 Å². The highest BCUT2D eigenvalue weighted by Crippen LogP contribution is 2.38. The fourth-order valence-electron chi connectivity index (χ4n) is 2.53. The highest BCUT2D eigenvalue weighted by Gasteiger charge is 2.34. The molecule has 1 unspecified atom stereocenters. The van der Waals surface area contributed by atoms with Crippen LogP contribution in [0.15, 0.2) is 29.2 Å². The van der Waals surface area contributed by atoms with Crippen molar-refractivity contribution < 1.29 is 14.7 Å². The van der Waals surface area contributed by atoms with Gasteiger partial charge in [-0.1, -0.05) is 18.2 Å². The van der Waals surface area contributed by atoms with Crippen LogP contribution in [0.1, 0.15) is 18.4 Å². The zero-order valence-electron chi connectivity index (χ0n) is 11.1. The summed E-state index contributed by atoms with van der Waals surface area (Å²) in [6, 6.07) is 8.01. The van der Waals surface area contributed by atoms with Crippen LogP contribution in [-0.4, -0.2) is 40.2 Å². The van der Waals surface area contributed by atoms with Crippen LogP contribution < -0.4 is 0 Å². The van der Waals surface area contributed by atoms with Crippen molar-refractivity contribution in [2.45, 2.75) is 29.4 Å². The summed E-state index contributed by atoms with van der Waals surface area (Å²) < 4.78 is 0. The van der Waals surface area contributed by atoms with E-state index in [1.807, 2.05) is 24.3 Å². The summed E-state index contributed by atoms with van der Waals surface area (Å²) >= 11 is 1.56. The number of amides is 1. The number of carbonyl (C=O) groups excluding carboxylic acids is 1. The Bertz CT molecular complexity index is 517. The quantitative estimate of drug-likeness (QED) is 0.902. The van der Waals surface area contributed by atoms with Crippen molar-refractivity contribution in [3.8, 4) is 0 Å². The van der Waals surface area contributed by atoms with E-state index < -0.39 is 5.97 Å². The first-order chi connectivity index (χ1) is 9.63. The lowest BCUT2D eigenvalue weighted by Gasteiger charge is -2.23. The zero-order chi connectivity index (χ0) is 14.1. The van der Waals surface area contributed by atoms with Gasteiger partial charge in [-0.25, -0.2) is 0 Å². The zero-order valence-corrected chi connectivity index (χ0v) is 11.9. The third-order valence-electron chi connectivity index (χ3n) is 3.74. The lowest BCUT2D eigenvalue weighted by molar-refractivity contribution is -0.144. The van der Waals surface area contributed by atoms with Crippen LogP contribution in [0, 0.1) is 5.92 Å². The summed E-state index contributed by atoms with van der Waals surface area (Å²) in [5.41, 5.74) is 1.19. The van der Waals surface area contributed by atoms with Gasteiger partial charge in [0, 0.05) is 11.4 Å². The van der Waals surface area contributed by atoms with Crippen LogP contribution in [0.4, 0.5) is 0 Å². The van der Waals surface area contributed by atoms with Crippen molar-refractivity contribution in [1.82, 2.24) is 4.90 Å². The van der Waals surface area contributed by atoms with Crippen molar-refractivity contribution in [1.29, 1.82) is 0 Å². The maximum absolute atomic E-state index is 12.6. The Labute approximate surface area is 122 Å². The van der Waals surface area contributed by atoms with Gasteiger partial charge in [-0.3, -0.25) is 9.59 Å². The number of aliphatic carboxylic acids is 1. The van der Waals surface area contributed by atoms with E-state index in [2.05, 4.69) is 0 Å². The van der Waals surface area contributed by atoms with E-state index in [1.54, 1.807) is 11.8 Å². The molecule has 1 aromatic rings. The summed E-state index contributed by atoms with van der Waals surface area (Å²) in [6.07, 6.45) is 2.93. The summed E-state index contributed by atoms with van der Waals surface area (Å²) in [5.74, 6) is -0.452. The van der Waals surface area contributed by atoms with Crippen molar-refractivity contribution >= 4 is 23.6 Å². The summed E-state index contributed by atoms with van der Waals surface area (Å²) in [7, 11) is 0. The normalized spacial score (nSPS) is 20.5. The first-order valence-electron chi connectivity index (χ1n) is 6.88. The van der Waals surface area contributed by atoms with Crippen molar-refractivity contribution in [2.75, 3.05) is 13.1 Å². The van der Waals surface area contributed by atoms with Gasteiger partial charge in [-0.15, -0.1) is 11.8 Å². The molecule has 1 aliphatic heterocycles. The number of fused-ring (bicyclic) bond motifs is 1. The number of hydrogen-bond acceptors (Lipinski definition) is 3. The van der Waals surface area contributed by atoms with Gasteiger partial charge in [0.1, 0.15) is 6.54 Å². The van der Waals surface area contributed by atoms with Crippen molar-refractivity contribution in [2.24, 2.45) is 5.92 Å². The standard InChI is InChI=1S/C15H17NO3S/c17-14(18)9-16(8-10-5-6-10)15(19)13-7-11-3-1-2-4-12(11)20-13/h1-4,10,13H,5-9H2,(H,17,18).